The van der Waals surface area contributed by atoms with Gasteiger partial charge in [0.15, 0.2) is 0 Å². The zero-order valence-corrected chi connectivity index (χ0v) is 9.63. The summed E-state index contributed by atoms with van der Waals surface area (Å²) in [5, 5.41) is -0.0275. The van der Waals surface area contributed by atoms with Crippen molar-refractivity contribution in [3.63, 3.8) is 0 Å². The average molecular weight is 246 g/mol. The number of nitrogens with two attached hydrogens (primary N) is 1. The lowest BCUT2D eigenvalue weighted by atomic mass is 9.99. The van der Waals surface area contributed by atoms with Crippen molar-refractivity contribution in [1.29, 1.82) is 0 Å². The molecule has 0 fully saturated rings. The smallest absolute Gasteiger partial charge is 0.314 e. The van der Waals surface area contributed by atoms with Crippen molar-refractivity contribution in [3.8, 4) is 0 Å². The Morgan fingerprint density at radius 2 is 2.31 bits per heavy atom. The van der Waals surface area contributed by atoms with Gasteiger partial charge in [0.05, 0.1) is 17.5 Å². The highest BCUT2D eigenvalue weighted by Gasteiger charge is 2.21. The van der Waals surface area contributed by atoms with Crippen LogP contribution >= 0.6 is 11.6 Å². The summed E-state index contributed by atoms with van der Waals surface area (Å²) >= 11 is 5.63. The van der Waals surface area contributed by atoms with E-state index in [0.29, 0.717) is 5.56 Å². The fourth-order valence-electron chi connectivity index (χ4n) is 1.34. The zero-order valence-electron chi connectivity index (χ0n) is 8.87. The van der Waals surface area contributed by atoms with Crippen molar-refractivity contribution in [2.24, 2.45) is 5.73 Å². The number of ether oxygens (including phenoxy) is 1. The summed E-state index contributed by atoms with van der Waals surface area (Å²) < 4.78 is 17.8. The van der Waals surface area contributed by atoms with E-state index < -0.39 is 17.7 Å². The maximum atomic E-state index is 12.9. The fourth-order valence-corrected chi connectivity index (χ4v) is 1.53. The van der Waals surface area contributed by atoms with Crippen LogP contribution in [0.15, 0.2) is 18.2 Å². The van der Waals surface area contributed by atoms with Gasteiger partial charge in [0.1, 0.15) is 5.82 Å². The van der Waals surface area contributed by atoms with Crippen molar-refractivity contribution in [1.82, 2.24) is 0 Å². The van der Waals surface area contributed by atoms with E-state index in [2.05, 4.69) is 0 Å². The lowest BCUT2D eigenvalue weighted by Crippen LogP contribution is -2.23. The third kappa shape index (κ3) is 2.93. The van der Waals surface area contributed by atoms with Gasteiger partial charge in [-0.1, -0.05) is 17.7 Å². The number of esters is 1. The number of halogens is 2. The minimum Gasteiger partial charge on any atom is -0.465 e. The third-order valence-corrected chi connectivity index (χ3v) is 2.44. The molecule has 0 saturated carbocycles. The van der Waals surface area contributed by atoms with Gasteiger partial charge in [0.25, 0.3) is 0 Å². The predicted molar refractivity (Wildman–Crippen MR) is 59.8 cm³/mol. The second-order valence-corrected chi connectivity index (χ2v) is 3.62. The highest BCUT2D eigenvalue weighted by molar-refractivity contribution is 6.30. The van der Waals surface area contributed by atoms with Gasteiger partial charge in [-0.3, -0.25) is 4.79 Å². The monoisotopic (exact) mass is 245 g/mol. The second kappa shape index (κ2) is 5.82. The van der Waals surface area contributed by atoms with Gasteiger partial charge in [0, 0.05) is 6.54 Å². The first-order valence-corrected chi connectivity index (χ1v) is 5.29. The molecule has 1 aromatic rings. The Balaban J connectivity index is 2.95. The van der Waals surface area contributed by atoms with E-state index >= 15 is 0 Å². The first-order chi connectivity index (χ1) is 7.60. The Morgan fingerprint density at radius 1 is 1.62 bits per heavy atom. The van der Waals surface area contributed by atoms with Crippen molar-refractivity contribution >= 4 is 17.6 Å². The summed E-state index contributed by atoms with van der Waals surface area (Å²) in [6.45, 7) is 2.09. The lowest BCUT2D eigenvalue weighted by Gasteiger charge is -2.14. The van der Waals surface area contributed by atoms with Crippen LogP contribution in [-0.2, 0) is 9.53 Å². The Labute approximate surface area is 98.3 Å². The molecule has 0 aromatic heterocycles. The Morgan fingerprint density at radius 3 is 2.81 bits per heavy atom. The number of rotatable bonds is 4. The molecule has 1 atom stereocenters. The van der Waals surface area contributed by atoms with Crippen molar-refractivity contribution < 1.29 is 13.9 Å². The van der Waals surface area contributed by atoms with Gasteiger partial charge in [-0.25, -0.2) is 4.39 Å². The molecular weight excluding hydrogens is 233 g/mol. The molecule has 0 heterocycles. The van der Waals surface area contributed by atoms with E-state index in [1.54, 1.807) is 6.92 Å². The number of carbonyl (C=O) groups excluding carboxylic acids is 1. The lowest BCUT2D eigenvalue weighted by molar-refractivity contribution is -0.144. The normalized spacial score (nSPS) is 12.2. The standard InChI is InChI=1S/C11H13ClFNO2/c1-2-16-11(15)8(6-14)7-3-4-10(13)9(12)5-7/h3-5,8H,2,6,14H2,1H3. The molecule has 0 aliphatic rings. The van der Waals surface area contributed by atoms with Crippen LogP contribution in [0.4, 0.5) is 4.39 Å². The fraction of sp³-hybridized carbons (Fsp3) is 0.364. The molecule has 0 bridgehead atoms. The number of hydrogen-bond acceptors (Lipinski definition) is 3. The van der Waals surface area contributed by atoms with Gasteiger partial charge in [-0.15, -0.1) is 0 Å². The van der Waals surface area contributed by atoms with E-state index in [-0.39, 0.29) is 18.2 Å². The van der Waals surface area contributed by atoms with E-state index in [1.165, 1.54) is 18.2 Å². The molecule has 5 heteroatoms. The van der Waals surface area contributed by atoms with Gasteiger partial charge in [0.2, 0.25) is 0 Å². The summed E-state index contributed by atoms with van der Waals surface area (Å²) in [6, 6.07) is 4.08. The number of benzene rings is 1. The molecule has 0 aliphatic heterocycles. The van der Waals surface area contributed by atoms with Crippen molar-refractivity contribution in [3.05, 3.63) is 34.6 Å². The van der Waals surface area contributed by atoms with Crippen LogP contribution < -0.4 is 5.73 Å². The second-order valence-electron chi connectivity index (χ2n) is 3.21. The molecule has 3 nitrogen and oxygen atoms in total. The quantitative estimate of drug-likeness (QED) is 0.827. The highest BCUT2D eigenvalue weighted by atomic mass is 35.5. The Kier molecular flexibility index (Phi) is 4.71. The van der Waals surface area contributed by atoms with E-state index in [9.17, 15) is 9.18 Å². The Hall–Kier alpha value is -1.13. The first-order valence-electron chi connectivity index (χ1n) is 4.91. The largest absolute Gasteiger partial charge is 0.465 e. The molecule has 0 aliphatic carbocycles. The molecule has 0 amide bonds. The third-order valence-electron chi connectivity index (χ3n) is 2.15. The molecule has 1 unspecified atom stereocenters. The van der Waals surface area contributed by atoms with Crippen LogP contribution in [0.1, 0.15) is 18.4 Å². The van der Waals surface area contributed by atoms with Gasteiger partial charge in [-0.2, -0.15) is 0 Å². The molecule has 2 N–H and O–H groups in total. The summed E-state index contributed by atoms with van der Waals surface area (Å²) in [4.78, 5) is 11.5. The van der Waals surface area contributed by atoms with Crippen LogP contribution in [-0.4, -0.2) is 19.1 Å². The number of carbonyl (C=O) groups is 1. The predicted octanol–water partition coefficient (Wildman–Crippen LogP) is 2.08. The molecule has 0 saturated heterocycles. The molecule has 88 valence electrons. The maximum Gasteiger partial charge on any atom is 0.314 e. The summed E-state index contributed by atoms with van der Waals surface area (Å²) in [5.74, 6) is -1.55. The summed E-state index contributed by atoms with van der Waals surface area (Å²) in [5.41, 5.74) is 6.05. The van der Waals surface area contributed by atoms with E-state index in [1.807, 2.05) is 0 Å². The van der Waals surface area contributed by atoms with Gasteiger partial charge >= 0.3 is 5.97 Å². The van der Waals surface area contributed by atoms with Crippen LogP contribution in [0.5, 0.6) is 0 Å². The zero-order chi connectivity index (χ0) is 12.1. The number of hydrogen-bond donors (Lipinski definition) is 1. The van der Waals surface area contributed by atoms with Crippen molar-refractivity contribution in [2.75, 3.05) is 13.2 Å². The minimum absolute atomic E-state index is 0.0275. The van der Waals surface area contributed by atoms with E-state index in [0.717, 1.165) is 0 Å². The molecule has 0 spiro atoms. The molecular formula is C11H13ClFNO2. The van der Waals surface area contributed by atoms with Crippen LogP contribution in [0.3, 0.4) is 0 Å². The molecule has 1 aromatic carbocycles. The van der Waals surface area contributed by atoms with Gasteiger partial charge in [-0.05, 0) is 24.6 Å². The molecule has 0 radical (unpaired) electrons. The van der Waals surface area contributed by atoms with E-state index in [4.69, 9.17) is 22.1 Å². The summed E-state index contributed by atoms with van der Waals surface area (Å²) in [6.07, 6.45) is 0. The molecule has 1 rings (SSSR count). The topological polar surface area (TPSA) is 52.3 Å². The molecule has 16 heavy (non-hydrogen) atoms. The average Bonchev–Trinajstić information content (AvgIpc) is 2.25. The highest BCUT2D eigenvalue weighted by Crippen LogP contribution is 2.22. The maximum absolute atomic E-state index is 12.9. The van der Waals surface area contributed by atoms with Gasteiger partial charge < -0.3 is 10.5 Å². The van der Waals surface area contributed by atoms with Crippen LogP contribution in [0.25, 0.3) is 0 Å². The van der Waals surface area contributed by atoms with Crippen LogP contribution in [0, 0.1) is 5.82 Å². The van der Waals surface area contributed by atoms with Crippen LogP contribution in [0.2, 0.25) is 5.02 Å². The SMILES string of the molecule is CCOC(=O)C(CN)c1ccc(F)c(Cl)c1. The Bertz CT molecular complexity index is 384. The first kappa shape index (κ1) is 12.9. The summed E-state index contributed by atoms with van der Waals surface area (Å²) in [7, 11) is 0. The minimum atomic E-state index is -0.599. The van der Waals surface area contributed by atoms with Crippen molar-refractivity contribution in [2.45, 2.75) is 12.8 Å².